The van der Waals surface area contributed by atoms with Crippen LogP contribution in [0.15, 0.2) is 29.3 Å². The minimum absolute atomic E-state index is 0.0715. The summed E-state index contributed by atoms with van der Waals surface area (Å²) in [6.07, 6.45) is 1.52. The van der Waals surface area contributed by atoms with Crippen LogP contribution < -0.4 is 0 Å². The van der Waals surface area contributed by atoms with E-state index in [1.807, 2.05) is 0 Å². The van der Waals surface area contributed by atoms with Crippen LogP contribution in [0, 0.1) is 11.8 Å². The highest BCUT2D eigenvalue weighted by Gasteiger charge is 1.96. The van der Waals surface area contributed by atoms with Crippen LogP contribution in [0.3, 0.4) is 0 Å². The van der Waals surface area contributed by atoms with E-state index in [1.54, 1.807) is 31.2 Å². The van der Waals surface area contributed by atoms with Gasteiger partial charge in [-0.15, -0.1) is 0 Å². The quantitative estimate of drug-likeness (QED) is 0.344. The number of rotatable bonds is 3. The monoisotopic (exact) mass is 229 g/mol. The second kappa shape index (κ2) is 7.00. The molecule has 0 saturated carbocycles. The van der Waals surface area contributed by atoms with Gasteiger partial charge in [0.1, 0.15) is 6.42 Å². The first-order valence-electron chi connectivity index (χ1n) is 5.08. The smallest absolute Gasteiger partial charge is 0.317 e. The van der Waals surface area contributed by atoms with Crippen molar-refractivity contribution in [3.63, 3.8) is 0 Å². The Kier molecular flexibility index (Phi) is 5.23. The van der Waals surface area contributed by atoms with Gasteiger partial charge in [-0.05, 0) is 31.2 Å². The predicted molar refractivity (Wildman–Crippen MR) is 62.4 cm³/mol. The Labute approximate surface area is 99.3 Å². The first-order valence-corrected chi connectivity index (χ1v) is 5.08. The first-order chi connectivity index (χ1) is 8.26. The van der Waals surface area contributed by atoms with Crippen molar-refractivity contribution in [2.45, 2.75) is 13.3 Å². The number of hydrogen-bond donors (Lipinski definition) is 0. The molecule has 0 aliphatic rings. The predicted octanol–water partition coefficient (Wildman–Crippen LogP) is 1.96. The zero-order chi connectivity index (χ0) is 12.5. The summed E-state index contributed by atoms with van der Waals surface area (Å²) in [7, 11) is 0. The SMILES string of the molecule is CCOC(=O)CC#Cc1ccc(N=C=O)cc1. The van der Waals surface area contributed by atoms with Gasteiger partial charge in [0.2, 0.25) is 6.08 Å². The van der Waals surface area contributed by atoms with Crippen LogP contribution >= 0.6 is 0 Å². The lowest BCUT2D eigenvalue weighted by molar-refractivity contribution is -0.141. The average Bonchev–Trinajstić information content (AvgIpc) is 2.32. The molecule has 1 aromatic carbocycles. The molecule has 86 valence electrons. The van der Waals surface area contributed by atoms with Gasteiger partial charge in [0.05, 0.1) is 12.3 Å². The molecule has 0 amide bonds. The van der Waals surface area contributed by atoms with E-state index in [2.05, 4.69) is 16.8 Å². The maximum absolute atomic E-state index is 11.0. The van der Waals surface area contributed by atoms with Crippen molar-refractivity contribution in [2.24, 2.45) is 4.99 Å². The molecule has 0 radical (unpaired) electrons. The summed E-state index contributed by atoms with van der Waals surface area (Å²) < 4.78 is 4.73. The highest BCUT2D eigenvalue weighted by molar-refractivity contribution is 5.72. The van der Waals surface area contributed by atoms with E-state index in [0.29, 0.717) is 12.3 Å². The summed E-state index contributed by atoms with van der Waals surface area (Å²) >= 11 is 0. The van der Waals surface area contributed by atoms with E-state index in [1.165, 1.54) is 6.08 Å². The molecule has 0 spiro atoms. The highest BCUT2D eigenvalue weighted by atomic mass is 16.5. The van der Waals surface area contributed by atoms with E-state index in [9.17, 15) is 9.59 Å². The summed E-state index contributed by atoms with van der Waals surface area (Å²) in [4.78, 5) is 24.4. The standard InChI is InChI=1S/C13H11NO3/c1-2-17-13(16)5-3-4-11-6-8-12(9-7-11)14-10-15/h6-9H,2,5H2,1H3. The molecule has 0 atom stereocenters. The number of esters is 1. The zero-order valence-corrected chi connectivity index (χ0v) is 9.40. The van der Waals surface area contributed by atoms with Crippen molar-refractivity contribution in [2.75, 3.05) is 6.61 Å². The fourth-order valence-corrected chi connectivity index (χ4v) is 1.10. The van der Waals surface area contributed by atoms with Gasteiger partial charge in [-0.1, -0.05) is 11.8 Å². The second-order valence-corrected chi connectivity index (χ2v) is 3.03. The molecule has 4 nitrogen and oxygen atoms in total. The largest absolute Gasteiger partial charge is 0.465 e. The maximum atomic E-state index is 11.0. The summed E-state index contributed by atoms with van der Waals surface area (Å²) in [6, 6.07) is 6.74. The molecule has 1 aromatic rings. The Morgan fingerprint density at radius 1 is 1.35 bits per heavy atom. The van der Waals surface area contributed by atoms with E-state index < -0.39 is 0 Å². The van der Waals surface area contributed by atoms with E-state index >= 15 is 0 Å². The summed E-state index contributed by atoms with van der Waals surface area (Å²) in [5.41, 5.74) is 1.27. The maximum Gasteiger partial charge on any atom is 0.317 e. The van der Waals surface area contributed by atoms with Gasteiger partial charge in [-0.25, -0.2) is 4.79 Å². The van der Waals surface area contributed by atoms with Crippen LogP contribution in [0.5, 0.6) is 0 Å². The second-order valence-electron chi connectivity index (χ2n) is 3.03. The fraction of sp³-hybridized carbons (Fsp3) is 0.231. The molecule has 0 N–H and O–H groups in total. The Morgan fingerprint density at radius 3 is 2.65 bits per heavy atom. The fourth-order valence-electron chi connectivity index (χ4n) is 1.10. The number of isocyanates is 1. The van der Waals surface area contributed by atoms with Gasteiger partial charge in [-0.3, -0.25) is 4.79 Å². The normalized spacial score (nSPS) is 8.53. The molecule has 0 saturated heterocycles. The van der Waals surface area contributed by atoms with Crippen LogP contribution in [0.2, 0.25) is 0 Å². The van der Waals surface area contributed by atoms with E-state index in [-0.39, 0.29) is 12.4 Å². The van der Waals surface area contributed by atoms with Crippen LogP contribution in [0.4, 0.5) is 5.69 Å². The number of ether oxygens (including phenoxy) is 1. The lowest BCUT2D eigenvalue weighted by Gasteiger charge is -1.95. The molecular formula is C13H11NO3. The third kappa shape index (κ3) is 4.78. The van der Waals surface area contributed by atoms with Crippen LogP contribution in [-0.2, 0) is 14.3 Å². The van der Waals surface area contributed by atoms with Crippen LogP contribution in [0.25, 0.3) is 0 Å². The van der Waals surface area contributed by atoms with Crippen LogP contribution in [0.1, 0.15) is 18.9 Å². The van der Waals surface area contributed by atoms with Gasteiger partial charge in [0.15, 0.2) is 0 Å². The first kappa shape index (κ1) is 12.7. The van der Waals surface area contributed by atoms with Crippen molar-refractivity contribution < 1.29 is 14.3 Å². The van der Waals surface area contributed by atoms with Gasteiger partial charge >= 0.3 is 5.97 Å². The minimum atomic E-state index is -0.331. The summed E-state index contributed by atoms with van der Waals surface area (Å²) in [5, 5.41) is 0. The topological polar surface area (TPSA) is 55.7 Å². The van der Waals surface area contributed by atoms with Crippen molar-refractivity contribution in [1.82, 2.24) is 0 Å². The molecular weight excluding hydrogens is 218 g/mol. The lowest BCUT2D eigenvalue weighted by Crippen LogP contribution is -2.01. The number of benzene rings is 1. The van der Waals surface area contributed by atoms with Crippen LogP contribution in [-0.4, -0.2) is 18.7 Å². The molecule has 1 rings (SSSR count). The Hall–Kier alpha value is -2.37. The molecule has 4 heteroatoms. The molecule has 0 aliphatic heterocycles. The van der Waals surface area contributed by atoms with Crippen molar-refractivity contribution in [3.05, 3.63) is 29.8 Å². The third-order valence-electron chi connectivity index (χ3n) is 1.81. The molecule has 0 aromatic heterocycles. The lowest BCUT2D eigenvalue weighted by atomic mass is 10.2. The molecule has 0 heterocycles. The summed E-state index contributed by atoms with van der Waals surface area (Å²) in [5.74, 6) is 5.19. The molecule has 0 bridgehead atoms. The van der Waals surface area contributed by atoms with Gasteiger partial charge in [-0.2, -0.15) is 4.99 Å². The molecule has 0 fully saturated rings. The minimum Gasteiger partial charge on any atom is -0.465 e. The number of aliphatic imine (C=N–C) groups is 1. The number of carbonyl (C=O) groups is 1. The van der Waals surface area contributed by atoms with Crippen molar-refractivity contribution >= 4 is 17.7 Å². The Morgan fingerprint density at radius 2 is 2.06 bits per heavy atom. The number of carbonyl (C=O) groups excluding carboxylic acids is 2. The molecule has 0 aliphatic carbocycles. The zero-order valence-electron chi connectivity index (χ0n) is 9.40. The van der Waals surface area contributed by atoms with Gasteiger partial charge in [0, 0.05) is 5.56 Å². The third-order valence-corrected chi connectivity index (χ3v) is 1.81. The average molecular weight is 229 g/mol. The van der Waals surface area contributed by atoms with Crippen molar-refractivity contribution in [3.8, 4) is 11.8 Å². The Bertz CT molecular complexity index is 488. The molecule has 0 unspecified atom stereocenters. The van der Waals surface area contributed by atoms with Gasteiger partial charge in [0.25, 0.3) is 0 Å². The number of nitrogens with zero attached hydrogens (tertiary/aromatic N) is 1. The van der Waals surface area contributed by atoms with E-state index in [4.69, 9.17) is 4.74 Å². The van der Waals surface area contributed by atoms with Gasteiger partial charge < -0.3 is 4.74 Å². The summed E-state index contributed by atoms with van der Waals surface area (Å²) in [6.45, 7) is 2.11. The highest BCUT2D eigenvalue weighted by Crippen LogP contribution is 2.11. The Balaban J connectivity index is 2.60. The van der Waals surface area contributed by atoms with E-state index in [0.717, 1.165) is 5.56 Å². The number of hydrogen-bond acceptors (Lipinski definition) is 4. The van der Waals surface area contributed by atoms with Crippen molar-refractivity contribution in [1.29, 1.82) is 0 Å². The molecule has 17 heavy (non-hydrogen) atoms.